The summed E-state index contributed by atoms with van der Waals surface area (Å²) in [5.41, 5.74) is 8.45. The molecule has 0 aliphatic carbocycles. The largest absolute Gasteiger partial charge is 0.494 e. The monoisotopic (exact) mass is 236 g/mol. The van der Waals surface area contributed by atoms with E-state index in [0.29, 0.717) is 6.61 Å². The van der Waals surface area contributed by atoms with Crippen molar-refractivity contribution < 1.29 is 4.74 Å². The Kier molecular flexibility index (Phi) is 4.97. The zero-order valence-electron chi connectivity index (χ0n) is 11.5. The van der Waals surface area contributed by atoms with Crippen molar-refractivity contribution >= 4 is 0 Å². The minimum absolute atomic E-state index is 0.0994. The lowest BCUT2D eigenvalue weighted by Crippen LogP contribution is -2.35. The topological polar surface area (TPSA) is 38.5 Å². The molecular formula is C14H24N2O. The fourth-order valence-corrected chi connectivity index (χ4v) is 2.25. The first kappa shape index (κ1) is 14.0. The Bertz CT molecular complexity index is 353. The van der Waals surface area contributed by atoms with Crippen molar-refractivity contribution in [1.82, 2.24) is 4.90 Å². The second kappa shape index (κ2) is 6.03. The maximum absolute atomic E-state index is 6.04. The second-order valence-electron chi connectivity index (χ2n) is 4.73. The first-order valence-electron chi connectivity index (χ1n) is 6.12. The molecule has 0 saturated heterocycles. The van der Waals surface area contributed by atoms with Crippen molar-refractivity contribution in [2.75, 3.05) is 20.7 Å². The molecule has 1 rings (SSSR count). The van der Waals surface area contributed by atoms with Crippen LogP contribution in [0.3, 0.4) is 0 Å². The SMILES string of the molecule is CCOc1ccc(C(C(C)N)N(C)C)cc1C. The zero-order valence-corrected chi connectivity index (χ0v) is 11.5. The molecule has 2 N–H and O–H groups in total. The maximum Gasteiger partial charge on any atom is 0.122 e. The van der Waals surface area contributed by atoms with Crippen molar-refractivity contribution in [2.45, 2.75) is 32.9 Å². The third-order valence-corrected chi connectivity index (χ3v) is 2.89. The van der Waals surface area contributed by atoms with Crippen LogP contribution in [0.5, 0.6) is 5.75 Å². The molecule has 0 aliphatic heterocycles. The molecule has 17 heavy (non-hydrogen) atoms. The normalized spacial score (nSPS) is 14.8. The smallest absolute Gasteiger partial charge is 0.122 e. The van der Waals surface area contributed by atoms with Crippen LogP contribution in [0.25, 0.3) is 0 Å². The number of hydrogen-bond donors (Lipinski definition) is 1. The highest BCUT2D eigenvalue weighted by Crippen LogP contribution is 2.26. The maximum atomic E-state index is 6.04. The summed E-state index contributed by atoms with van der Waals surface area (Å²) >= 11 is 0. The first-order chi connectivity index (χ1) is 7.97. The van der Waals surface area contributed by atoms with Crippen LogP contribution < -0.4 is 10.5 Å². The third-order valence-electron chi connectivity index (χ3n) is 2.89. The Labute approximate surface area is 105 Å². The Morgan fingerprint density at radius 2 is 2.00 bits per heavy atom. The van der Waals surface area contributed by atoms with Crippen molar-refractivity contribution in [3.05, 3.63) is 29.3 Å². The minimum Gasteiger partial charge on any atom is -0.494 e. The number of ether oxygens (including phenoxy) is 1. The van der Waals surface area contributed by atoms with Gasteiger partial charge in [0.1, 0.15) is 5.75 Å². The molecule has 0 fully saturated rings. The van der Waals surface area contributed by atoms with Gasteiger partial charge in [-0.3, -0.25) is 0 Å². The highest BCUT2D eigenvalue weighted by molar-refractivity contribution is 5.37. The van der Waals surface area contributed by atoms with E-state index in [2.05, 4.69) is 38.1 Å². The molecular weight excluding hydrogens is 212 g/mol. The summed E-state index contributed by atoms with van der Waals surface area (Å²) in [6.45, 7) is 6.81. The average molecular weight is 236 g/mol. The highest BCUT2D eigenvalue weighted by Gasteiger charge is 2.19. The summed E-state index contributed by atoms with van der Waals surface area (Å²) in [5, 5.41) is 0. The quantitative estimate of drug-likeness (QED) is 0.853. The number of rotatable bonds is 5. The molecule has 2 atom stereocenters. The fourth-order valence-electron chi connectivity index (χ4n) is 2.25. The van der Waals surface area contributed by atoms with E-state index in [4.69, 9.17) is 10.5 Å². The van der Waals surface area contributed by atoms with E-state index in [-0.39, 0.29) is 12.1 Å². The molecule has 0 amide bonds. The van der Waals surface area contributed by atoms with Gasteiger partial charge in [0.25, 0.3) is 0 Å². The van der Waals surface area contributed by atoms with E-state index in [1.54, 1.807) is 0 Å². The van der Waals surface area contributed by atoms with Crippen LogP contribution in [0.2, 0.25) is 0 Å². The van der Waals surface area contributed by atoms with Gasteiger partial charge in [0.15, 0.2) is 0 Å². The van der Waals surface area contributed by atoms with E-state index >= 15 is 0 Å². The molecule has 3 heteroatoms. The lowest BCUT2D eigenvalue weighted by atomic mass is 9.98. The summed E-state index contributed by atoms with van der Waals surface area (Å²) in [4.78, 5) is 2.15. The predicted molar refractivity (Wildman–Crippen MR) is 72.4 cm³/mol. The standard InChI is InChI=1S/C14H24N2O/c1-6-17-13-8-7-12(9-10(13)2)14(11(3)15)16(4)5/h7-9,11,14H,6,15H2,1-5H3. The van der Waals surface area contributed by atoms with Crippen LogP contribution in [-0.2, 0) is 0 Å². The summed E-state index contributed by atoms with van der Waals surface area (Å²) < 4.78 is 5.55. The van der Waals surface area contributed by atoms with Gasteiger partial charge in [0.2, 0.25) is 0 Å². The van der Waals surface area contributed by atoms with Gasteiger partial charge < -0.3 is 15.4 Å². The van der Waals surface area contributed by atoms with Crippen LogP contribution in [0.15, 0.2) is 18.2 Å². The van der Waals surface area contributed by atoms with Crippen LogP contribution in [0.4, 0.5) is 0 Å². The fraction of sp³-hybridized carbons (Fsp3) is 0.571. The third kappa shape index (κ3) is 3.45. The summed E-state index contributed by atoms with van der Waals surface area (Å²) in [6, 6.07) is 6.64. The molecule has 0 radical (unpaired) electrons. The minimum atomic E-state index is 0.0994. The number of nitrogens with two attached hydrogens (primary N) is 1. The molecule has 1 aromatic rings. The molecule has 0 bridgehead atoms. The zero-order chi connectivity index (χ0) is 13.0. The lowest BCUT2D eigenvalue weighted by Gasteiger charge is -2.28. The van der Waals surface area contributed by atoms with Gasteiger partial charge >= 0.3 is 0 Å². The van der Waals surface area contributed by atoms with Crippen LogP contribution in [0, 0.1) is 6.92 Å². The van der Waals surface area contributed by atoms with Gasteiger partial charge in [0.05, 0.1) is 6.61 Å². The summed E-state index contributed by atoms with van der Waals surface area (Å²) in [5.74, 6) is 0.957. The van der Waals surface area contributed by atoms with Gasteiger partial charge in [0, 0.05) is 12.1 Å². The molecule has 3 nitrogen and oxygen atoms in total. The Morgan fingerprint density at radius 1 is 1.35 bits per heavy atom. The molecule has 0 spiro atoms. The van der Waals surface area contributed by atoms with Gasteiger partial charge in [-0.1, -0.05) is 12.1 Å². The summed E-state index contributed by atoms with van der Waals surface area (Å²) in [6.07, 6.45) is 0. The number of likely N-dealkylation sites (N-methyl/N-ethyl adjacent to an activating group) is 1. The van der Waals surface area contributed by atoms with Crippen LogP contribution in [0.1, 0.15) is 31.0 Å². The van der Waals surface area contributed by atoms with Gasteiger partial charge in [-0.25, -0.2) is 0 Å². The van der Waals surface area contributed by atoms with E-state index in [1.807, 2.05) is 19.9 Å². The molecule has 0 saturated carbocycles. The van der Waals surface area contributed by atoms with Crippen LogP contribution in [-0.4, -0.2) is 31.6 Å². The van der Waals surface area contributed by atoms with Crippen molar-refractivity contribution in [1.29, 1.82) is 0 Å². The van der Waals surface area contributed by atoms with E-state index in [9.17, 15) is 0 Å². The van der Waals surface area contributed by atoms with Gasteiger partial charge in [-0.15, -0.1) is 0 Å². The van der Waals surface area contributed by atoms with Crippen molar-refractivity contribution in [3.63, 3.8) is 0 Å². The van der Waals surface area contributed by atoms with Crippen molar-refractivity contribution in [3.8, 4) is 5.75 Å². The van der Waals surface area contributed by atoms with Crippen molar-refractivity contribution in [2.24, 2.45) is 5.73 Å². The number of aryl methyl sites for hydroxylation is 1. The lowest BCUT2D eigenvalue weighted by molar-refractivity contribution is 0.265. The summed E-state index contributed by atoms with van der Waals surface area (Å²) in [7, 11) is 4.11. The van der Waals surface area contributed by atoms with Gasteiger partial charge in [-0.05, 0) is 52.1 Å². The van der Waals surface area contributed by atoms with E-state index in [0.717, 1.165) is 11.3 Å². The Balaban J connectivity index is 3.02. The van der Waals surface area contributed by atoms with E-state index < -0.39 is 0 Å². The average Bonchev–Trinajstić information content (AvgIpc) is 2.21. The Hall–Kier alpha value is -1.06. The Morgan fingerprint density at radius 3 is 2.41 bits per heavy atom. The van der Waals surface area contributed by atoms with E-state index in [1.165, 1.54) is 5.56 Å². The molecule has 0 aliphatic rings. The molecule has 2 unspecified atom stereocenters. The number of benzene rings is 1. The predicted octanol–water partition coefficient (Wildman–Crippen LogP) is 2.34. The first-order valence-corrected chi connectivity index (χ1v) is 6.12. The number of hydrogen-bond acceptors (Lipinski definition) is 3. The molecule has 96 valence electrons. The molecule has 0 aromatic heterocycles. The highest BCUT2D eigenvalue weighted by atomic mass is 16.5. The molecule has 0 heterocycles. The van der Waals surface area contributed by atoms with Gasteiger partial charge in [-0.2, -0.15) is 0 Å². The number of nitrogens with zero attached hydrogens (tertiary/aromatic N) is 1. The van der Waals surface area contributed by atoms with Crippen LogP contribution >= 0.6 is 0 Å². The molecule has 1 aromatic carbocycles. The second-order valence-corrected chi connectivity index (χ2v) is 4.73.